The van der Waals surface area contributed by atoms with Gasteiger partial charge in [0.2, 0.25) is 5.91 Å². The Morgan fingerprint density at radius 1 is 1.22 bits per heavy atom. The average Bonchev–Trinajstić information content (AvgIpc) is 3.60. The van der Waals surface area contributed by atoms with Gasteiger partial charge in [0.1, 0.15) is 12.1 Å². The van der Waals surface area contributed by atoms with E-state index in [-0.39, 0.29) is 30.7 Å². The molecule has 7 heteroatoms. The van der Waals surface area contributed by atoms with E-state index in [1.165, 1.54) is 6.33 Å². The molecule has 0 saturated heterocycles. The molecule has 1 aliphatic carbocycles. The monoisotopic (exact) mass is 420 g/mol. The summed E-state index contributed by atoms with van der Waals surface area (Å²) in [6, 6.07) is 9.36. The Kier molecular flexibility index (Phi) is 9.19. The maximum atomic E-state index is 12.0. The molecule has 0 bridgehead atoms. The molecular weight excluding hydrogens is 393 g/mol. The summed E-state index contributed by atoms with van der Waals surface area (Å²) in [5.74, 6) is 0.568. The Labute approximate surface area is 202 Å². The van der Waals surface area contributed by atoms with Crippen molar-refractivity contribution >= 4 is 23.1 Å². The first-order valence-corrected chi connectivity index (χ1v) is 10.4. The zero-order chi connectivity index (χ0) is 22.4. The number of carbonyl (C=O) groups excluding carboxylic acids is 1. The van der Waals surface area contributed by atoms with Gasteiger partial charge in [-0.25, -0.2) is 28.2 Å². The molecule has 0 unspecified atom stereocenters. The van der Waals surface area contributed by atoms with Gasteiger partial charge in [0.05, 0.1) is 5.69 Å². The normalized spacial score (nSPS) is 13.0. The molecule has 3 rings (SSSR count). The van der Waals surface area contributed by atoms with Gasteiger partial charge < -0.3 is 16.0 Å². The molecule has 0 atom stereocenters. The van der Waals surface area contributed by atoms with Gasteiger partial charge in [-0.05, 0) is 18.9 Å². The van der Waals surface area contributed by atoms with E-state index in [1.54, 1.807) is 12.1 Å². The van der Waals surface area contributed by atoms with Crippen LogP contribution in [-0.2, 0) is 4.79 Å². The Morgan fingerprint density at radius 3 is 2.62 bits per heavy atom. The summed E-state index contributed by atoms with van der Waals surface area (Å²) in [6.07, 6.45) is 6.48. The number of nitrogens with one attached hydrogen (secondary N) is 3. The van der Waals surface area contributed by atoms with Crippen LogP contribution < -0.4 is 29.5 Å². The van der Waals surface area contributed by atoms with Crippen LogP contribution in [0.4, 0.5) is 11.5 Å². The molecule has 3 N–H and O–H groups in total. The predicted molar refractivity (Wildman–Crippen MR) is 124 cm³/mol. The van der Waals surface area contributed by atoms with Crippen LogP contribution in [0.15, 0.2) is 59.6 Å². The van der Waals surface area contributed by atoms with Crippen LogP contribution in [-0.4, -0.2) is 21.6 Å². The van der Waals surface area contributed by atoms with Crippen molar-refractivity contribution in [1.82, 2.24) is 9.97 Å². The number of para-hydroxylation sites is 1. The van der Waals surface area contributed by atoms with Gasteiger partial charge in [-0.1, -0.05) is 43.7 Å². The van der Waals surface area contributed by atoms with Crippen molar-refractivity contribution in [1.29, 1.82) is 5.41 Å². The molecule has 0 spiro atoms. The zero-order valence-corrected chi connectivity index (χ0v) is 18.9. The maximum absolute atomic E-state index is 12.0. The first-order chi connectivity index (χ1) is 14.9. The number of aromatic nitrogens is 2. The van der Waals surface area contributed by atoms with Gasteiger partial charge in [-0.2, -0.15) is 5.57 Å². The van der Waals surface area contributed by atoms with Crippen molar-refractivity contribution < 1.29 is 23.7 Å². The first-order valence-electron chi connectivity index (χ1n) is 10.4. The van der Waals surface area contributed by atoms with Crippen LogP contribution in [0.5, 0.6) is 0 Å². The van der Waals surface area contributed by atoms with Gasteiger partial charge >= 0.3 is 18.9 Å². The summed E-state index contributed by atoms with van der Waals surface area (Å²) < 4.78 is 0. The Hall–Kier alpha value is -2.94. The Balaban J connectivity index is 0.00000363. The van der Waals surface area contributed by atoms with E-state index in [2.05, 4.69) is 20.6 Å². The number of benzene rings is 1. The number of hydrogen-bond donors (Lipinski definition) is 3. The Morgan fingerprint density at radius 2 is 1.94 bits per heavy atom. The number of amides is 1. The van der Waals surface area contributed by atoms with E-state index in [9.17, 15) is 4.79 Å². The second kappa shape index (κ2) is 11.6. The molecular formula is C25H27LiN5O-. The van der Waals surface area contributed by atoms with Crippen molar-refractivity contribution in [3.05, 3.63) is 72.7 Å². The van der Waals surface area contributed by atoms with E-state index < -0.39 is 0 Å². The molecule has 160 valence electrons. The third-order valence-electron chi connectivity index (χ3n) is 4.98. The third kappa shape index (κ3) is 6.78. The minimum absolute atomic E-state index is 0. The van der Waals surface area contributed by atoms with Gasteiger partial charge in [0.15, 0.2) is 0 Å². The van der Waals surface area contributed by atoms with Crippen LogP contribution in [0, 0.1) is 24.5 Å². The molecule has 1 amide bonds. The molecule has 0 radical (unpaired) electrons. The summed E-state index contributed by atoms with van der Waals surface area (Å²) in [6.45, 7) is 16.1. The largest absolute Gasteiger partial charge is 1.00 e. The second-order valence-corrected chi connectivity index (χ2v) is 7.65. The standard InChI is InChI=1S/C25H27N5O.Li/c1-5-8-21(26)17(3)13-16(2)18(4)29-22-10-7-6-9-20(22)23-14-24(28-15-27-23)30-25(31)19-11-12-19;/h3-4,6-7,9-10,13-15,19,26,29H,5,8,11-12H2,1-2H3,(H,27,28,30,31);/q-2;+1/b16-13-,26-21?;. The van der Waals surface area contributed by atoms with E-state index in [4.69, 9.17) is 18.6 Å². The summed E-state index contributed by atoms with van der Waals surface area (Å²) in [5, 5.41) is 14.0. The predicted octanol–water partition coefficient (Wildman–Crippen LogP) is 2.35. The van der Waals surface area contributed by atoms with Crippen molar-refractivity contribution in [3.8, 4) is 11.3 Å². The summed E-state index contributed by atoms with van der Waals surface area (Å²) >= 11 is 0. The fourth-order valence-electron chi connectivity index (χ4n) is 3.00. The van der Waals surface area contributed by atoms with Crippen LogP contribution in [0.2, 0.25) is 0 Å². The van der Waals surface area contributed by atoms with Crippen molar-refractivity contribution in [2.75, 3.05) is 10.6 Å². The molecule has 6 nitrogen and oxygen atoms in total. The number of rotatable bonds is 10. The molecule has 32 heavy (non-hydrogen) atoms. The van der Waals surface area contributed by atoms with Gasteiger partial charge in [0, 0.05) is 23.2 Å². The third-order valence-corrected chi connectivity index (χ3v) is 4.98. The van der Waals surface area contributed by atoms with E-state index >= 15 is 0 Å². The number of anilines is 2. The number of hydrogen-bond acceptors (Lipinski definition) is 5. The van der Waals surface area contributed by atoms with Crippen molar-refractivity contribution in [3.63, 3.8) is 0 Å². The smallest absolute Gasteiger partial charge is 0.391 e. The minimum atomic E-state index is -0.00289. The summed E-state index contributed by atoms with van der Waals surface area (Å²) in [4.78, 5) is 20.6. The average molecular weight is 420 g/mol. The number of nitrogens with zero attached hydrogens (tertiary/aromatic N) is 2. The van der Waals surface area contributed by atoms with Crippen molar-refractivity contribution in [2.24, 2.45) is 5.92 Å². The van der Waals surface area contributed by atoms with E-state index in [0.29, 0.717) is 34.9 Å². The molecule has 1 fully saturated rings. The fraction of sp³-hybridized carbons (Fsp3) is 0.280. The Bertz CT molecular complexity index is 1060. The molecule has 2 aromatic rings. The van der Waals surface area contributed by atoms with Gasteiger partial charge in [-0.3, -0.25) is 11.4 Å². The quantitative estimate of drug-likeness (QED) is 0.238. The number of carbonyl (C=O) groups is 1. The van der Waals surface area contributed by atoms with Crippen molar-refractivity contribution in [2.45, 2.75) is 39.5 Å². The minimum Gasteiger partial charge on any atom is -0.391 e. The molecule has 0 aliphatic heterocycles. The van der Waals surface area contributed by atoms with Crippen LogP contribution in [0.1, 0.15) is 39.5 Å². The van der Waals surface area contributed by atoms with Crippen LogP contribution in [0.25, 0.3) is 11.3 Å². The maximum Gasteiger partial charge on any atom is 1.00 e. The second-order valence-electron chi connectivity index (χ2n) is 7.65. The fourth-order valence-corrected chi connectivity index (χ4v) is 3.00. The SMILES string of the molecule is [CH-]=C(/C=C(/C)C(=[CH-])Nc1ccccc1-c1cc(NC(=O)C2CC2)ncn1)C(=N)CCC.[Li+]. The summed E-state index contributed by atoms with van der Waals surface area (Å²) in [7, 11) is 0. The van der Waals surface area contributed by atoms with Crippen LogP contribution >= 0.6 is 0 Å². The molecule has 1 aliphatic rings. The van der Waals surface area contributed by atoms with Gasteiger partial charge in [0.25, 0.3) is 0 Å². The van der Waals surface area contributed by atoms with E-state index in [0.717, 1.165) is 36.1 Å². The van der Waals surface area contributed by atoms with Gasteiger partial charge in [-0.15, -0.1) is 12.6 Å². The zero-order valence-electron chi connectivity index (χ0n) is 18.9. The topological polar surface area (TPSA) is 90.8 Å². The first kappa shape index (κ1) is 25.3. The molecule has 1 saturated carbocycles. The summed E-state index contributed by atoms with van der Waals surface area (Å²) in [5.41, 5.74) is 4.20. The number of allylic oxidation sites excluding steroid dienone is 3. The molecule has 1 heterocycles. The van der Waals surface area contributed by atoms with E-state index in [1.807, 2.05) is 38.1 Å². The van der Waals surface area contributed by atoms with Crippen LogP contribution in [0.3, 0.4) is 0 Å². The molecule has 1 aromatic carbocycles. The molecule has 1 aromatic heterocycles.